The van der Waals surface area contributed by atoms with E-state index in [-0.39, 0.29) is 22.1 Å². The van der Waals surface area contributed by atoms with E-state index < -0.39 is 17.8 Å². The van der Waals surface area contributed by atoms with Crippen LogP contribution in [0.1, 0.15) is 32.0 Å². The first kappa shape index (κ1) is 20.1. The first-order chi connectivity index (χ1) is 13.0. The summed E-state index contributed by atoms with van der Waals surface area (Å²) in [5.74, 6) is -0.393. The number of aromatic nitrogens is 2. The molecule has 0 aliphatic rings. The van der Waals surface area contributed by atoms with Crippen LogP contribution in [0.2, 0.25) is 0 Å². The Morgan fingerprint density at radius 1 is 1.00 bits per heavy atom. The molecule has 9 heteroatoms. The largest absolute Gasteiger partial charge is 0.437 e. The van der Waals surface area contributed by atoms with Crippen molar-refractivity contribution in [3.63, 3.8) is 0 Å². The number of anilines is 2. The Balaban J connectivity index is 1.94. The van der Waals surface area contributed by atoms with Crippen molar-refractivity contribution < 1.29 is 22.3 Å². The normalized spacial score (nSPS) is 12.1. The van der Waals surface area contributed by atoms with Crippen molar-refractivity contribution in [1.82, 2.24) is 9.97 Å². The van der Waals surface area contributed by atoms with E-state index in [2.05, 4.69) is 15.3 Å². The van der Waals surface area contributed by atoms with Crippen LogP contribution >= 0.6 is 11.3 Å². The number of thiazole rings is 1. The van der Waals surface area contributed by atoms with Crippen LogP contribution in [0.3, 0.4) is 0 Å². The van der Waals surface area contributed by atoms with E-state index in [1.165, 1.54) is 6.07 Å². The molecule has 0 aliphatic heterocycles. The highest BCUT2D eigenvalue weighted by Crippen LogP contribution is 2.38. The van der Waals surface area contributed by atoms with Crippen molar-refractivity contribution >= 4 is 22.2 Å². The molecule has 0 radical (unpaired) electrons. The number of benzene rings is 1. The summed E-state index contributed by atoms with van der Waals surface area (Å²) in [6.07, 6.45) is -4.54. The third kappa shape index (κ3) is 4.59. The Morgan fingerprint density at radius 2 is 1.71 bits per heavy atom. The molecule has 0 aliphatic carbocycles. The zero-order valence-electron chi connectivity index (χ0n) is 15.3. The van der Waals surface area contributed by atoms with E-state index in [0.717, 1.165) is 28.3 Å². The highest BCUT2D eigenvalue weighted by atomic mass is 32.1. The Morgan fingerprint density at radius 3 is 2.36 bits per heavy atom. The molecule has 1 N–H and O–H groups in total. The van der Waals surface area contributed by atoms with Gasteiger partial charge in [0.2, 0.25) is 11.8 Å². The topological polar surface area (TPSA) is 47.0 Å². The first-order valence-electron chi connectivity index (χ1n) is 8.28. The van der Waals surface area contributed by atoms with Crippen molar-refractivity contribution in [2.75, 3.05) is 5.32 Å². The van der Waals surface area contributed by atoms with Crippen molar-refractivity contribution in [3.05, 3.63) is 59.0 Å². The minimum absolute atomic E-state index is 0.00492. The van der Waals surface area contributed by atoms with Crippen LogP contribution in [0.25, 0.3) is 0 Å². The van der Waals surface area contributed by atoms with Crippen molar-refractivity contribution in [3.8, 4) is 11.6 Å². The van der Waals surface area contributed by atoms with E-state index in [4.69, 9.17) is 4.74 Å². The van der Waals surface area contributed by atoms with Crippen molar-refractivity contribution in [2.24, 2.45) is 0 Å². The average molecular weight is 411 g/mol. The molecule has 1 aromatic carbocycles. The lowest BCUT2D eigenvalue weighted by atomic mass is 9.86. The molecular formula is C19H17F4N3OS. The van der Waals surface area contributed by atoms with Crippen LogP contribution < -0.4 is 10.1 Å². The van der Waals surface area contributed by atoms with E-state index in [0.29, 0.717) is 5.75 Å². The van der Waals surface area contributed by atoms with E-state index in [1.54, 1.807) is 12.1 Å². The number of alkyl halides is 3. The molecule has 3 aromatic rings. The fourth-order valence-electron chi connectivity index (χ4n) is 2.45. The van der Waals surface area contributed by atoms with Crippen LogP contribution in [0.5, 0.6) is 11.6 Å². The minimum atomic E-state index is -4.54. The summed E-state index contributed by atoms with van der Waals surface area (Å²) in [5.41, 5.74) is -0.168. The highest BCUT2D eigenvalue weighted by molar-refractivity contribution is 7.13. The molecule has 0 saturated heterocycles. The monoisotopic (exact) mass is 411 g/mol. The Labute approximate surface area is 163 Å². The minimum Gasteiger partial charge on any atom is -0.437 e. The summed E-state index contributed by atoms with van der Waals surface area (Å²) >= 11 is 0.779. The first-order valence-corrected chi connectivity index (χ1v) is 9.15. The number of ether oxygens (including phenoxy) is 1. The molecule has 4 nitrogen and oxygen atoms in total. The Bertz CT molecular complexity index is 980. The van der Waals surface area contributed by atoms with Gasteiger partial charge in [0, 0.05) is 10.9 Å². The number of hydrogen-bond donors (Lipinski definition) is 1. The molecule has 0 bridgehead atoms. The second-order valence-corrected chi connectivity index (χ2v) is 7.85. The molecule has 0 saturated carbocycles. The Hall–Kier alpha value is -2.68. The van der Waals surface area contributed by atoms with Gasteiger partial charge in [-0.15, -0.1) is 11.3 Å². The maximum atomic E-state index is 13.7. The van der Waals surface area contributed by atoms with Gasteiger partial charge in [-0.2, -0.15) is 22.5 Å². The number of nitrogens with zero attached hydrogens (tertiary/aromatic N) is 2. The van der Waals surface area contributed by atoms with Gasteiger partial charge in [-0.1, -0.05) is 39.0 Å². The lowest BCUT2D eigenvalue weighted by molar-refractivity contribution is -0.140. The van der Waals surface area contributed by atoms with Gasteiger partial charge in [0.05, 0.1) is 0 Å². The molecule has 148 valence electrons. The van der Waals surface area contributed by atoms with Gasteiger partial charge in [0.1, 0.15) is 11.4 Å². The van der Waals surface area contributed by atoms with Gasteiger partial charge >= 0.3 is 6.18 Å². The number of rotatable bonds is 4. The number of para-hydroxylation sites is 1. The molecule has 2 aromatic heterocycles. The van der Waals surface area contributed by atoms with E-state index in [9.17, 15) is 17.6 Å². The lowest BCUT2D eigenvalue weighted by Gasteiger charge is -2.22. The third-order valence-electron chi connectivity index (χ3n) is 3.76. The molecule has 28 heavy (non-hydrogen) atoms. The van der Waals surface area contributed by atoms with Crippen LogP contribution in [-0.2, 0) is 11.6 Å². The summed E-state index contributed by atoms with van der Waals surface area (Å²) in [7, 11) is 0. The maximum Gasteiger partial charge on any atom is 0.434 e. The highest BCUT2D eigenvalue weighted by Gasteiger charge is 2.33. The number of halogens is 4. The van der Waals surface area contributed by atoms with Crippen molar-refractivity contribution in [2.45, 2.75) is 32.4 Å². The molecule has 0 fully saturated rings. The number of pyridine rings is 1. The fourth-order valence-corrected chi connectivity index (χ4v) is 3.18. The second-order valence-electron chi connectivity index (χ2n) is 7.00. The van der Waals surface area contributed by atoms with Crippen LogP contribution in [-0.4, -0.2) is 9.97 Å². The molecular weight excluding hydrogens is 394 g/mol. The summed E-state index contributed by atoms with van der Waals surface area (Å²) in [4.78, 5) is 7.26. The third-order valence-corrected chi connectivity index (χ3v) is 4.52. The SMILES string of the molecule is CC(C)(C)c1ccccc1Oc1nc(F)ccc1Nc1nc(C(F)(F)F)cs1. The van der Waals surface area contributed by atoms with Gasteiger partial charge in [-0.25, -0.2) is 4.98 Å². The lowest BCUT2D eigenvalue weighted by Crippen LogP contribution is -2.12. The predicted octanol–water partition coefficient (Wildman–Crippen LogP) is 6.53. The van der Waals surface area contributed by atoms with Crippen LogP contribution in [0, 0.1) is 5.95 Å². The quantitative estimate of drug-likeness (QED) is 0.392. The average Bonchev–Trinajstić information content (AvgIpc) is 3.06. The van der Waals surface area contributed by atoms with E-state index in [1.807, 2.05) is 32.9 Å². The number of hydrogen-bond acceptors (Lipinski definition) is 5. The van der Waals surface area contributed by atoms with E-state index >= 15 is 0 Å². The van der Waals surface area contributed by atoms with Gasteiger partial charge in [0.25, 0.3) is 0 Å². The predicted molar refractivity (Wildman–Crippen MR) is 99.8 cm³/mol. The van der Waals surface area contributed by atoms with Gasteiger partial charge in [-0.3, -0.25) is 0 Å². The summed E-state index contributed by atoms with van der Waals surface area (Å²) < 4.78 is 57.8. The fraction of sp³-hybridized carbons (Fsp3) is 0.263. The summed E-state index contributed by atoms with van der Waals surface area (Å²) in [6.45, 7) is 6.00. The second kappa shape index (κ2) is 7.38. The molecule has 2 heterocycles. The molecule has 0 amide bonds. The smallest absolute Gasteiger partial charge is 0.434 e. The zero-order chi connectivity index (χ0) is 20.5. The van der Waals surface area contributed by atoms with Gasteiger partial charge < -0.3 is 10.1 Å². The maximum absolute atomic E-state index is 13.7. The summed E-state index contributed by atoms with van der Waals surface area (Å²) in [6, 6.07) is 9.67. The standard InChI is InChI=1S/C19H17F4N3OS/c1-18(2,3)11-6-4-5-7-13(11)27-16-12(8-9-15(20)26-16)24-17-25-14(10-28-17)19(21,22)23/h4-10H,1-3H3,(H,24,25). The molecule has 0 unspecified atom stereocenters. The summed E-state index contributed by atoms with van der Waals surface area (Å²) in [5, 5.41) is 3.62. The molecule has 3 rings (SSSR count). The van der Waals surface area contributed by atoms with Crippen molar-refractivity contribution in [1.29, 1.82) is 0 Å². The van der Waals surface area contributed by atoms with Crippen LogP contribution in [0.15, 0.2) is 41.8 Å². The molecule has 0 spiro atoms. The molecule has 0 atom stereocenters. The zero-order valence-corrected chi connectivity index (χ0v) is 16.1. The van der Waals surface area contributed by atoms with Gasteiger partial charge in [0.15, 0.2) is 10.8 Å². The Kier molecular flexibility index (Phi) is 5.29. The van der Waals surface area contributed by atoms with Gasteiger partial charge in [-0.05, 0) is 23.6 Å². The van der Waals surface area contributed by atoms with Crippen LogP contribution in [0.4, 0.5) is 28.4 Å². The number of nitrogens with one attached hydrogen (secondary N) is 1.